The van der Waals surface area contributed by atoms with E-state index in [4.69, 9.17) is 5.73 Å². The predicted molar refractivity (Wildman–Crippen MR) is 137 cm³/mol. The Balaban J connectivity index is 0.000000283. The zero-order valence-corrected chi connectivity index (χ0v) is 21.4. The van der Waals surface area contributed by atoms with E-state index in [1.807, 2.05) is 16.8 Å². The fraction of sp³-hybridized carbons (Fsp3) is 0.409. The van der Waals surface area contributed by atoms with Crippen LogP contribution in [0, 0.1) is 12.7 Å². The minimum atomic E-state index is -0.719. The van der Waals surface area contributed by atoms with E-state index in [1.54, 1.807) is 24.9 Å². The third-order valence-corrected chi connectivity index (χ3v) is 6.08. The van der Waals surface area contributed by atoms with Crippen LogP contribution >= 0.6 is 11.8 Å². The second-order valence-electron chi connectivity index (χ2n) is 7.54. The van der Waals surface area contributed by atoms with Crippen molar-refractivity contribution >= 4 is 45.7 Å². The number of primary amides is 1. The number of amides is 1. The molecule has 0 saturated carbocycles. The van der Waals surface area contributed by atoms with Gasteiger partial charge in [-0.1, -0.05) is 6.42 Å². The number of nitrogens with two attached hydrogens (primary N) is 1. The first-order valence-corrected chi connectivity index (χ1v) is 13.7. The van der Waals surface area contributed by atoms with Gasteiger partial charge in [-0.15, -0.1) is 0 Å². The fourth-order valence-corrected chi connectivity index (χ4v) is 4.13. The zero-order valence-electron chi connectivity index (χ0n) is 19.7. The van der Waals surface area contributed by atoms with Crippen LogP contribution in [0.15, 0.2) is 30.7 Å². The van der Waals surface area contributed by atoms with Gasteiger partial charge in [0.2, 0.25) is 0 Å². The number of nitrogens with zero attached hydrogens (tertiary/aromatic N) is 4. The average Bonchev–Trinajstić information content (AvgIpc) is 3.15. The lowest BCUT2D eigenvalue weighted by atomic mass is 10.2. The van der Waals surface area contributed by atoms with Gasteiger partial charge in [0.15, 0.2) is 5.82 Å². The number of aryl methyl sites for hydroxylation is 1. The van der Waals surface area contributed by atoms with Gasteiger partial charge in [-0.3, -0.25) is 4.79 Å². The van der Waals surface area contributed by atoms with E-state index in [0.29, 0.717) is 22.5 Å². The van der Waals surface area contributed by atoms with Gasteiger partial charge in [-0.2, -0.15) is 16.9 Å². The summed E-state index contributed by atoms with van der Waals surface area (Å²) in [7, 11) is -0.719. The molecule has 1 unspecified atom stereocenters. The number of hydrogen-bond acceptors (Lipinski definition) is 7. The van der Waals surface area contributed by atoms with Crippen molar-refractivity contribution < 1.29 is 18.5 Å². The van der Waals surface area contributed by atoms with Crippen molar-refractivity contribution in [1.29, 1.82) is 0 Å². The zero-order chi connectivity index (χ0) is 25.3. The lowest BCUT2D eigenvalue weighted by Gasteiger charge is -2.22. The van der Waals surface area contributed by atoms with E-state index in [9.17, 15) is 18.5 Å². The Labute approximate surface area is 205 Å². The molecular formula is C22H31FN6O3S2. The number of aromatic nitrogens is 3. The number of anilines is 2. The maximum absolute atomic E-state index is 13.0. The quantitative estimate of drug-likeness (QED) is 0.459. The molecule has 0 spiro atoms. The van der Waals surface area contributed by atoms with Crippen molar-refractivity contribution in [1.82, 2.24) is 18.9 Å². The molecule has 1 fully saturated rings. The van der Waals surface area contributed by atoms with Gasteiger partial charge in [0.25, 0.3) is 5.91 Å². The predicted octanol–water partition coefficient (Wildman–Crippen LogP) is 3.47. The first-order valence-electron chi connectivity index (χ1n) is 10.6. The van der Waals surface area contributed by atoms with Gasteiger partial charge in [0.1, 0.15) is 23.4 Å². The molecule has 1 amide bonds. The first kappa shape index (κ1) is 27.5. The number of benzene rings is 1. The number of phenols is 1. The number of halogens is 1. The summed E-state index contributed by atoms with van der Waals surface area (Å²) >= 11 is 1.75. The molecule has 9 nitrogen and oxygen atoms in total. The minimum absolute atomic E-state index is 0.254. The topological polar surface area (TPSA) is 126 Å². The molecule has 2 aromatic heterocycles. The third-order valence-electron chi connectivity index (χ3n) is 4.98. The molecule has 34 heavy (non-hydrogen) atoms. The Morgan fingerprint density at radius 1 is 1.26 bits per heavy atom. The molecule has 1 aliphatic rings. The Bertz CT molecular complexity index is 1140. The van der Waals surface area contributed by atoms with Gasteiger partial charge in [-0.25, -0.2) is 22.4 Å². The van der Waals surface area contributed by atoms with E-state index in [2.05, 4.69) is 15.4 Å². The van der Waals surface area contributed by atoms with E-state index in [-0.39, 0.29) is 11.4 Å². The summed E-state index contributed by atoms with van der Waals surface area (Å²) < 4.78 is 27.4. The first-order chi connectivity index (χ1) is 16.2. The van der Waals surface area contributed by atoms with Crippen molar-refractivity contribution in [2.24, 2.45) is 5.73 Å². The lowest BCUT2D eigenvalue weighted by Crippen LogP contribution is -2.30. The van der Waals surface area contributed by atoms with Crippen LogP contribution in [0.5, 0.6) is 5.75 Å². The Kier molecular flexibility index (Phi) is 10.7. The summed E-state index contributed by atoms with van der Waals surface area (Å²) in [4.78, 5) is 15.5. The molecule has 1 atom stereocenters. The number of fused-ring (bicyclic) bond motifs is 1. The van der Waals surface area contributed by atoms with Crippen molar-refractivity contribution in [3.8, 4) is 5.75 Å². The number of phenolic OH excluding ortho intramolecular Hbond substituents is 1. The Morgan fingerprint density at radius 3 is 2.44 bits per heavy atom. The largest absolute Gasteiger partial charge is 0.506 e. The van der Waals surface area contributed by atoms with Crippen LogP contribution < -0.4 is 11.1 Å². The van der Waals surface area contributed by atoms with Crippen LogP contribution in [0.25, 0.3) is 5.52 Å². The van der Waals surface area contributed by atoms with Crippen molar-refractivity contribution in [2.75, 3.05) is 37.2 Å². The SMILES string of the molecule is CS(=O)N1CCCCC1.CSC.Cc1c(C(N)=O)cn2ncnc(Nc3ccc(F)cc3O)c12. The number of aromatic hydroxyl groups is 1. The molecule has 4 N–H and O–H groups in total. The summed E-state index contributed by atoms with van der Waals surface area (Å²) in [6.45, 7) is 3.78. The summed E-state index contributed by atoms with van der Waals surface area (Å²) in [5.41, 5.74) is 7.08. The maximum atomic E-state index is 13.0. The number of carbonyl (C=O) groups is 1. The molecule has 12 heteroatoms. The van der Waals surface area contributed by atoms with Crippen LogP contribution in [0.3, 0.4) is 0 Å². The van der Waals surface area contributed by atoms with Crippen LogP contribution in [0.4, 0.5) is 15.9 Å². The number of thioether (sulfide) groups is 1. The normalized spacial score (nSPS) is 14.4. The highest BCUT2D eigenvalue weighted by molar-refractivity contribution is 7.97. The van der Waals surface area contributed by atoms with E-state index < -0.39 is 22.7 Å². The monoisotopic (exact) mass is 510 g/mol. The fourth-order valence-electron chi connectivity index (χ4n) is 3.36. The summed E-state index contributed by atoms with van der Waals surface area (Å²) in [6.07, 6.45) is 12.4. The molecule has 1 saturated heterocycles. The van der Waals surface area contributed by atoms with Gasteiger partial charge in [0, 0.05) is 31.6 Å². The molecule has 186 valence electrons. The molecule has 3 aromatic rings. The van der Waals surface area contributed by atoms with E-state index in [1.165, 1.54) is 48.4 Å². The van der Waals surface area contributed by atoms with Crippen molar-refractivity contribution in [3.05, 3.63) is 47.7 Å². The number of hydrogen-bond donors (Lipinski definition) is 3. The van der Waals surface area contributed by atoms with Gasteiger partial charge >= 0.3 is 0 Å². The molecule has 1 aliphatic heterocycles. The molecule has 0 aliphatic carbocycles. The Morgan fingerprint density at radius 2 is 1.91 bits per heavy atom. The third kappa shape index (κ3) is 7.40. The smallest absolute Gasteiger partial charge is 0.250 e. The van der Waals surface area contributed by atoms with Gasteiger partial charge in [0.05, 0.1) is 22.2 Å². The molecule has 0 radical (unpaired) electrons. The Hall–Kier alpha value is -2.70. The molecule has 0 bridgehead atoms. The van der Waals surface area contributed by atoms with Crippen molar-refractivity contribution in [2.45, 2.75) is 26.2 Å². The number of carbonyl (C=O) groups excluding carboxylic acids is 1. The van der Waals surface area contributed by atoms with E-state index >= 15 is 0 Å². The van der Waals surface area contributed by atoms with Gasteiger partial charge < -0.3 is 16.2 Å². The highest BCUT2D eigenvalue weighted by Crippen LogP contribution is 2.30. The summed E-state index contributed by atoms with van der Waals surface area (Å²) in [5, 5.41) is 16.7. The summed E-state index contributed by atoms with van der Waals surface area (Å²) in [6, 6.07) is 3.58. The van der Waals surface area contributed by atoms with Crippen molar-refractivity contribution in [3.63, 3.8) is 0 Å². The maximum Gasteiger partial charge on any atom is 0.250 e. The molecule has 1 aromatic carbocycles. The minimum Gasteiger partial charge on any atom is -0.506 e. The summed E-state index contributed by atoms with van der Waals surface area (Å²) in [5.74, 6) is -1.01. The average molecular weight is 511 g/mol. The highest BCUT2D eigenvalue weighted by Gasteiger charge is 2.16. The van der Waals surface area contributed by atoms with E-state index in [0.717, 1.165) is 19.2 Å². The molecule has 4 rings (SSSR count). The molecular weight excluding hydrogens is 479 g/mol. The van der Waals surface area contributed by atoms with Crippen LogP contribution in [-0.4, -0.2) is 66.0 Å². The van der Waals surface area contributed by atoms with Crippen LogP contribution in [0.2, 0.25) is 0 Å². The van der Waals surface area contributed by atoms with Gasteiger partial charge in [-0.05, 0) is 50.0 Å². The highest BCUT2D eigenvalue weighted by atomic mass is 32.2. The molecule has 3 heterocycles. The van der Waals surface area contributed by atoms with Crippen LogP contribution in [-0.2, 0) is 11.0 Å². The number of piperidine rings is 1. The number of nitrogens with one attached hydrogen (secondary N) is 1. The standard InChI is InChI=1S/C14H12FN5O2.C6H13NOS.C2H6S/c1-7-9(13(16)22)5-20-12(7)14(17-6-18-20)19-10-3-2-8(15)4-11(10)21;1-9(8)7-5-3-2-4-6-7;1-3-2/h2-6,21H,1H3,(H2,16,22)(H,17,18,19);2-6H2,1H3;1-2H3. The lowest BCUT2D eigenvalue weighted by molar-refractivity contribution is 0.1000. The number of rotatable bonds is 4. The second-order valence-corrected chi connectivity index (χ2v) is 9.72. The van der Waals surface area contributed by atoms with Crippen LogP contribution in [0.1, 0.15) is 35.2 Å². The second kappa shape index (κ2) is 13.3.